The highest BCUT2D eigenvalue weighted by Gasteiger charge is 2.13. The van der Waals surface area contributed by atoms with Crippen LogP contribution in [-0.2, 0) is 6.42 Å². The summed E-state index contributed by atoms with van der Waals surface area (Å²) in [5.74, 6) is 0. The number of nitrogens with one attached hydrogen (secondary N) is 1. The van der Waals surface area contributed by atoms with Gasteiger partial charge < -0.3 is 5.32 Å². The van der Waals surface area contributed by atoms with Crippen LogP contribution in [0.15, 0.2) is 35.7 Å². The minimum absolute atomic E-state index is 0.286. The Hall–Kier alpha value is -0.540. The van der Waals surface area contributed by atoms with E-state index in [0.29, 0.717) is 10.0 Å². The van der Waals surface area contributed by atoms with Crippen molar-refractivity contribution in [2.24, 2.45) is 0 Å². The first-order chi connectivity index (χ1) is 9.20. The molecule has 1 unspecified atom stereocenters. The summed E-state index contributed by atoms with van der Waals surface area (Å²) in [6.45, 7) is 3.17. The van der Waals surface area contributed by atoms with Gasteiger partial charge in [0.2, 0.25) is 0 Å². The topological polar surface area (TPSA) is 12.0 Å². The van der Waals surface area contributed by atoms with E-state index in [1.165, 1.54) is 10.4 Å². The van der Waals surface area contributed by atoms with Gasteiger partial charge in [0.15, 0.2) is 0 Å². The second kappa shape index (κ2) is 7.30. The van der Waals surface area contributed by atoms with Crippen LogP contribution in [0.3, 0.4) is 0 Å². The van der Waals surface area contributed by atoms with E-state index >= 15 is 0 Å². The number of thiophene rings is 1. The molecule has 0 spiro atoms. The smallest absolute Gasteiger partial charge is 0.0595 e. The fraction of sp³-hybridized carbons (Fsp3) is 0.333. The third-order valence-electron chi connectivity index (χ3n) is 2.97. The van der Waals surface area contributed by atoms with Crippen LogP contribution in [0.5, 0.6) is 0 Å². The van der Waals surface area contributed by atoms with Gasteiger partial charge in [0.05, 0.1) is 10.0 Å². The molecule has 0 radical (unpaired) electrons. The number of benzene rings is 1. The highest BCUT2D eigenvalue weighted by Crippen LogP contribution is 2.28. The molecule has 4 heteroatoms. The fourth-order valence-corrected chi connectivity index (χ4v) is 3.04. The second-order valence-corrected chi connectivity index (χ2v) is 6.31. The van der Waals surface area contributed by atoms with Crippen molar-refractivity contribution in [1.82, 2.24) is 5.32 Å². The van der Waals surface area contributed by atoms with Crippen molar-refractivity contribution in [2.45, 2.75) is 25.8 Å². The van der Waals surface area contributed by atoms with E-state index in [9.17, 15) is 0 Å². The summed E-state index contributed by atoms with van der Waals surface area (Å²) in [7, 11) is 0. The molecule has 0 aliphatic rings. The molecule has 0 bridgehead atoms. The third kappa shape index (κ3) is 4.22. The summed E-state index contributed by atoms with van der Waals surface area (Å²) < 4.78 is 0. The molecule has 1 nitrogen and oxygen atoms in total. The van der Waals surface area contributed by atoms with Gasteiger partial charge in [-0.2, -0.15) is 0 Å². The van der Waals surface area contributed by atoms with Crippen LogP contribution in [0.2, 0.25) is 10.0 Å². The molecular weight excluding hydrogens is 297 g/mol. The number of rotatable bonds is 6. The maximum atomic E-state index is 6.12. The lowest BCUT2D eigenvalue weighted by Gasteiger charge is -2.19. The van der Waals surface area contributed by atoms with Crippen LogP contribution in [0, 0.1) is 0 Å². The van der Waals surface area contributed by atoms with Gasteiger partial charge in [-0.1, -0.05) is 42.3 Å². The molecular formula is C15H17Cl2NS. The maximum absolute atomic E-state index is 6.12. The van der Waals surface area contributed by atoms with Gasteiger partial charge in [-0.3, -0.25) is 0 Å². The Morgan fingerprint density at radius 1 is 1.21 bits per heavy atom. The Labute approximate surface area is 128 Å². The molecule has 0 amide bonds. The zero-order valence-corrected chi connectivity index (χ0v) is 13.2. The summed E-state index contributed by atoms with van der Waals surface area (Å²) in [5, 5.41) is 6.91. The van der Waals surface area contributed by atoms with Gasteiger partial charge in [0.25, 0.3) is 0 Å². The SMILES string of the molecule is CCCNC(Cc1cccs1)c1ccc(Cl)c(Cl)c1. The van der Waals surface area contributed by atoms with Gasteiger partial charge in [0, 0.05) is 17.3 Å². The number of hydrogen-bond donors (Lipinski definition) is 1. The molecule has 0 fully saturated rings. The van der Waals surface area contributed by atoms with Crippen LogP contribution in [-0.4, -0.2) is 6.54 Å². The lowest BCUT2D eigenvalue weighted by Crippen LogP contribution is -2.23. The minimum Gasteiger partial charge on any atom is -0.310 e. The quantitative estimate of drug-likeness (QED) is 0.759. The summed E-state index contributed by atoms with van der Waals surface area (Å²) in [6, 6.07) is 10.4. The Bertz CT molecular complexity index is 511. The molecule has 2 rings (SSSR count). The Morgan fingerprint density at radius 2 is 2.05 bits per heavy atom. The molecule has 2 aromatic rings. The zero-order valence-electron chi connectivity index (χ0n) is 10.8. The molecule has 1 aromatic heterocycles. The van der Waals surface area contributed by atoms with Crippen LogP contribution >= 0.6 is 34.5 Å². The highest BCUT2D eigenvalue weighted by molar-refractivity contribution is 7.09. The average molecular weight is 314 g/mol. The van der Waals surface area contributed by atoms with E-state index in [1.54, 1.807) is 11.3 Å². The molecule has 1 heterocycles. The molecule has 0 saturated heterocycles. The first kappa shape index (κ1) is 14.9. The molecule has 0 saturated carbocycles. The Morgan fingerprint density at radius 3 is 2.68 bits per heavy atom. The summed E-state index contributed by atoms with van der Waals surface area (Å²) >= 11 is 13.9. The van der Waals surface area contributed by atoms with Crippen LogP contribution in [0.1, 0.15) is 29.8 Å². The van der Waals surface area contributed by atoms with Crippen molar-refractivity contribution in [1.29, 1.82) is 0 Å². The van der Waals surface area contributed by atoms with Crippen LogP contribution < -0.4 is 5.32 Å². The first-order valence-electron chi connectivity index (χ1n) is 6.41. The molecule has 19 heavy (non-hydrogen) atoms. The third-order valence-corrected chi connectivity index (χ3v) is 4.61. The van der Waals surface area contributed by atoms with E-state index in [2.05, 4.69) is 35.8 Å². The predicted molar refractivity (Wildman–Crippen MR) is 85.5 cm³/mol. The van der Waals surface area contributed by atoms with E-state index in [4.69, 9.17) is 23.2 Å². The van der Waals surface area contributed by atoms with E-state index < -0.39 is 0 Å². The minimum atomic E-state index is 0.286. The molecule has 0 aliphatic heterocycles. The van der Waals surface area contributed by atoms with E-state index in [1.807, 2.05) is 12.1 Å². The largest absolute Gasteiger partial charge is 0.310 e. The molecule has 0 aliphatic carbocycles. The van der Waals surface area contributed by atoms with Crippen LogP contribution in [0.4, 0.5) is 0 Å². The van der Waals surface area contributed by atoms with Crippen molar-refractivity contribution in [3.63, 3.8) is 0 Å². The average Bonchev–Trinajstić information content (AvgIpc) is 2.91. The summed E-state index contributed by atoms with van der Waals surface area (Å²) in [4.78, 5) is 1.37. The van der Waals surface area contributed by atoms with Crippen molar-refractivity contribution in [3.05, 3.63) is 56.2 Å². The van der Waals surface area contributed by atoms with Crippen molar-refractivity contribution < 1.29 is 0 Å². The number of halogens is 2. The van der Waals surface area contributed by atoms with Gasteiger partial charge >= 0.3 is 0 Å². The van der Waals surface area contributed by atoms with Crippen LogP contribution in [0.25, 0.3) is 0 Å². The molecule has 1 aromatic carbocycles. The molecule has 1 atom stereocenters. The van der Waals surface area contributed by atoms with Gasteiger partial charge in [-0.15, -0.1) is 11.3 Å². The van der Waals surface area contributed by atoms with Crippen molar-refractivity contribution in [3.8, 4) is 0 Å². The fourth-order valence-electron chi connectivity index (χ4n) is 1.99. The van der Waals surface area contributed by atoms with Gasteiger partial charge in [0.1, 0.15) is 0 Å². The van der Waals surface area contributed by atoms with E-state index in [-0.39, 0.29) is 6.04 Å². The lowest BCUT2D eigenvalue weighted by atomic mass is 10.0. The molecule has 102 valence electrons. The Kier molecular flexibility index (Phi) is 5.71. The summed E-state index contributed by atoms with van der Waals surface area (Å²) in [6.07, 6.45) is 2.10. The molecule has 1 N–H and O–H groups in total. The van der Waals surface area contributed by atoms with Crippen molar-refractivity contribution in [2.75, 3.05) is 6.54 Å². The maximum Gasteiger partial charge on any atom is 0.0595 e. The summed E-state index contributed by atoms with van der Waals surface area (Å²) in [5.41, 5.74) is 1.19. The number of hydrogen-bond acceptors (Lipinski definition) is 2. The standard InChI is InChI=1S/C15H17Cl2NS/c1-2-7-18-15(10-12-4-3-8-19-12)11-5-6-13(16)14(17)9-11/h3-6,8-9,15,18H,2,7,10H2,1H3. The normalized spacial score (nSPS) is 12.6. The second-order valence-electron chi connectivity index (χ2n) is 4.46. The predicted octanol–water partition coefficient (Wildman–Crippen LogP) is 5.34. The lowest BCUT2D eigenvalue weighted by molar-refractivity contribution is 0.532. The van der Waals surface area contributed by atoms with Gasteiger partial charge in [-0.05, 0) is 42.1 Å². The Balaban J connectivity index is 2.18. The monoisotopic (exact) mass is 313 g/mol. The van der Waals surface area contributed by atoms with Gasteiger partial charge in [-0.25, -0.2) is 0 Å². The van der Waals surface area contributed by atoms with E-state index in [0.717, 1.165) is 19.4 Å². The first-order valence-corrected chi connectivity index (χ1v) is 8.05. The highest BCUT2D eigenvalue weighted by atomic mass is 35.5. The zero-order chi connectivity index (χ0) is 13.7. The van der Waals surface area contributed by atoms with Crippen molar-refractivity contribution >= 4 is 34.5 Å².